The van der Waals surface area contributed by atoms with Gasteiger partial charge < -0.3 is 14.9 Å². The lowest BCUT2D eigenvalue weighted by Gasteiger charge is -2.62. The maximum atomic E-state index is 10.1. The molecule has 1 aliphatic heterocycles. The molecular formula is C10H18O3. The first kappa shape index (κ1) is 9.44. The van der Waals surface area contributed by atoms with Crippen LogP contribution in [0.3, 0.4) is 0 Å². The molecule has 0 radical (unpaired) electrons. The highest BCUT2D eigenvalue weighted by Crippen LogP contribution is 2.60. The lowest BCUT2D eigenvalue weighted by molar-refractivity contribution is -0.291. The molecule has 0 aromatic heterocycles. The normalized spacial score (nSPS) is 33.2. The molecule has 2 N–H and O–H groups in total. The van der Waals surface area contributed by atoms with Crippen molar-refractivity contribution in [3.63, 3.8) is 0 Å². The van der Waals surface area contributed by atoms with E-state index in [2.05, 4.69) is 13.8 Å². The Morgan fingerprint density at radius 1 is 1.23 bits per heavy atom. The van der Waals surface area contributed by atoms with E-state index in [9.17, 15) is 10.2 Å². The summed E-state index contributed by atoms with van der Waals surface area (Å²) in [6, 6.07) is 0. The van der Waals surface area contributed by atoms with Crippen molar-refractivity contribution < 1.29 is 14.9 Å². The topological polar surface area (TPSA) is 49.7 Å². The van der Waals surface area contributed by atoms with Crippen LogP contribution in [0, 0.1) is 10.8 Å². The minimum atomic E-state index is -0.753. The average molecular weight is 186 g/mol. The molecule has 3 heteroatoms. The molecule has 2 aliphatic rings. The van der Waals surface area contributed by atoms with E-state index in [0.717, 1.165) is 12.8 Å². The van der Waals surface area contributed by atoms with E-state index >= 15 is 0 Å². The van der Waals surface area contributed by atoms with Gasteiger partial charge in [-0.15, -0.1) is 0 Å². The van der Waals surface area contributed by atoms with Gasteiger partial charge in [-0.1, -0.05) is 13.8 Å². The third kappa shape index (κ3) is 1.14. The summed E-state index contributed by atoms with van der Waals surface area (Å²) in [6.07, 6.45) is 1.80. The SMILES string of the molecule is CC1(C)CC(CO)(C2(O)COC2)C1. The fraction of sp³-hybridized carbons (Fsp3) is 1.00. The summed E-state index contributed by atoms with van der Waals surface area (Å²) < 4.78 is 5.03. The van der Waals surface area contributed by atoms with Crippen LogP contribution in [0.1, 0.15) is 26.7 Å². The molecule has 0 unspecified atom stereocenters. The number of ether oxygens (including phenoxy) is 1. The zero-order valence-corrected chi connectivity index (χ0v) is 8.34. The Morgan fingerprint density at radius 2 is 1.77 bits per heavy atom. The summed E-state index contributed by atoms with van der Waals surface area (Å²) in [5.74, 6) is 0. The number of aliphatic hydroxyl groups excluding tert-OH is 1. The first-order chi connectivity index (χ1) is 5.93. The fourth-order valence-corrected chi connectivity index (χ4v) is 2.97. The first-order valence-corrected chi connectivity index (χ1v) is 4.84. The van der Waals surface area contributed by atoms with E-state index in [0.29, 0.717) is 13.2 Å². The molecule has 0 amide bonds. The Morgan fingerprint density at radius 3 is 2.00 bits per heavy atom. The molecule has 0 aromatic rings. The smallest absolute Gasteiger partial charge is 0.119 e. The number of aliphatic hydroxyl groups is 2. The quantitative estimate of drug-likeness (QED) is 0.662. The fourth-order valence-electron chi connectivity index (χ4n) is 2.97. The Balaban J connectivity index is 2.11. The van der Waals surface area contributed by atoms with Gasteiger partial charge in [0.25, 0.3) is 0 Å². The second-order valence-corrected chi connectivity index (χ2v) is 5.48. The first-order valence-electron chi connectivity index (χ1n) is 4.84. The van der Waals surface area contributed by atoms with Gasteiger partial charge in [-0.05, 0) is 18.3 Å². The molecule has 0 aromatic carbocycles. The molecule has 2 rings (SSSR count). The van der Waals surface area contributed by atoms with Crippen molar-refractivity contribution in [3.05, 3.63) is 0 Å². The standard InChI is InChI=1S/C10H18O3/c1-8(2)3-9(4-8,5-11)10(12)6-13-7-10/h11-12H,3-7H2,1-2H3. The van der Waals surface area contributed by atoms with E-state index < -0.39 is 5.60 Å². The Bertz CT molecular complexity index is 210. The van der Waals surface area contributed by atoms with Gasteiger partial charge in [0.05, 0.1) is 19.8 Å². The van der Waals surface area contributed by atoms with E-state index in [1.807, 2.05) is 0 Å². The molecule has 13 heavy (non-hydrogen) atoms. The lowest BCUT2D eigenvalue weighted by atomic mass is 9.48. The highest BCUT2D eigenvalue weighted by atomic mass is 16.5. The van der Waals surface area contributed by atoms with Crippen molar-refractivity contribution >= 4 is 0 Å². The maximum absolute atomic E-state index is 10.1. The number of hydrogen-bond acceptors (Lipinski definition) is 3. The second kappa shape index (κ2) is 2.47. The molecule has 0 bridgehead atoms. The van der Waals surface area contributed by atoms with Crippen LogP contribution in [0.5, 0.6) is 0 Å². The molecule has 1 saturated heterocycles. The molecule has 1 heterocycles. The van der Waals surface area contributed by atoms with Crippen LogP contribution >= 0.6 is 0 Å². The molecule has 76 valence electrons. The van der Waals surface area contributed by atoms with Gasteiger partial charge in [0.1, 0.15) is 5.60 Å². The maximum Gasteiger partial charge on any atom is 0.119 e. The van der Waals surface area contributed by atoms with Gasteiger partial charge in [0.15, 0.2) is 0 Å². The summed E-state index contributed by atoms with van der Waals surface area (Å²) in [5.41, 5.74) is -0.764. The molecule has 2 fully saturated rings. The zero-order chi connectivity index (χ0) is 9.74. The van der Waals surface area contributed by atoms with Gasteiger partial charge in [-0.2, -0.15) is 0 Å². The molecule has 3 nitrogen and oxygen atoms in total. The third-order valence-corrected chi connectivity index (χ3v) is 3.61. The van der Waals surface area contributed by atoms with Crippen molar-refractivity contribution in [3.8, 4) is 0 Å². The van der Waals surface area contributed by atoms with Crippen molar-refractivity contribution in [1.29, 1.82) is 0 Å². The van der Waals surface area contributed by atoms with E-state index in [4.69, 9.17) is 4.74 Å². The second-order valence-electron chi connectivity index (χ2n) is 5.48. The van der Waals surface area contributed by atoms with Crippen LogP contribution in [0.15, 0.2) is 0 Å². The number of hydrogen-bond donors (Lipinski definition) is 2. The largest absolute Gasteiger partial charge is 0.396 e. The molecule has 0 spiro atoms. The van der Waals surface area contributed by atoms with E-state index in [1.165, 1.54) is 0 Å². The van der Waals surface area contributed by atoms with Crippen molar-refractivity contribution in [1.82, 2.24) is 0 Å². The molecular weight excluding hydrogens is 168 g/mol. The Hall–Kier alpha value is -0.120. The highest BCUT2D eigenvalue weighted by molar-refractivity contribution is 5.12. The van der Waals surface area contributed by atoms with Crippen LogP contribution < -0.4 is 0 Å². The monoisotopic (exact) mass is 186 g/mol. The molecule has 1 saturated carbocycles. The summed E-state index contributed by atoms with van der Waals surface area (Å²) in [6.45, 7) is 5.21. The zero-order valence-electron chi connectivity index (χ0n) is 8.34. The van der Waals surface area contributed by atoms with Crippen molar-refractivity contribution in [2.24, 2.45) is 10.8 Å². The number of rotatable bonds is 2. The van der Waals surface area contributed by atoms with Crippen LogP contribution in [0.4, 0.5) is 0 Å². The predicted molar refractivity (Wildman–Crippen MR) is 48.3 cm³/mol. The van der Waals surface area contributed by atoms with E-state index in [1.54, 1.807) is 0 Å². The van der Waals surface area contributed by atoms with Crippen molar-refractivity contribution in [2.75, 3.05) is 19.8 Å². The predicted octanol–water partition coefficient (Wildman–Crippen LogP) is 0.546. The van der Waals surface area contributed by atoms with Gasteiger partial charge in [-0.25, -0.2) is 0 Å². The van der Waals surface area contributed by atoms with Crippen LogP contribution in [-0.4, -0.2) is 35.6 Å². The summed E-state index contributed by atoms with van der Waals surface area (Å²) in [4.78, 5) is 0. The molecule has 0 atom stereocenters. The Labute approximate surface area is 78.7 Å². The summed E-state index contributed by atoms with van der Waals surface area (Å²) in [7, 11) is 0. The van der Waals surface area contributed by atoms with Gasteiger partial charge >= 0.3 is 0 Å². The Kier molecular flexibility index (Phi) is 1.79. The van der Waals surface area contributed by atoms with Crippen LogP contribution in [-0.2, 0) is 4.74 Å². The lowest BCUT2D eigenvalue weighted by Crippen LogP contribution is -2.69. The van der Waals surface area contributed by atoms with Gasteiger partial charge in [0, 0.05) is 5.41 Å². The van der Waals surface area contributed by atoms with Crippen LogP contribution in [0.2, 0.25) is 0 Å². The van der Waals surface area contributed by atoms with Gasteiger partial charge in [0.2, 0.25) is 0 Å². The minimum absolute atomic E-state index is 0.0797. The minimum Gasteiger partial charge on any atom is -0.396 e. The van der Waals surface area contributed by atoms with Crippen LogP contribution in [0.25, 0.3) is 0 Å². The van der Waals surface area contributed by atoms with Gasteiger partial charge in [-0.3, -0.25) is 0 Å². The summed E-state index contributed by atoms with van der Waals surface area (Å²) in [5, 5.41) is 19.5. The van der Waals surface area contributed by atoms with E-state index in [-0.39, 0.29) is 17.4 Å². The highest BCUT2D eigenvalue weighted by Gasteiger charge is 2.63. The summed E-state index contributed by atoms with van der Waals surface area (Å²) >= 11 is 0. The van der Waals surface area contributed by atoms with Crippen molar-refractivity contribution in [2.45, 2.75) is 32.3 Å². The average Bonchev–Trinajstić information content (AvgIpc) is 1.94. The third-order valence-electron chi connectivity index (χ3n) is 3.61. The molecule has 1 aliphatic carbocycles.